The van der Waals surface area contributed by atoms with Gasteiger partial charge in [0.25, 0.3) is 0 Å². The van der Waals surface area contributed by atoms with Crippen molar-refractivity contribution in [2.24, 2.45) is 0 Å². The van der Waals surface area contributed by atoms with E-state index in [0.29, 0.717) is 19.3 Å². The largest absolute Gasteiger partial charge is 0.462 e. The first-order valence-electron chi connectivity index (χ1n) is 34.3. The quantitative estimate of drug-likeness (QED) is 0.0261. The molecule has 1 unspecified atom stereocenters. The van der Waals surface area contributed by atoms with Gasteiger partial charge in [-0.15, -0.1) is 0 Å². The Bertz CT molecular complexity index is 1800. The molecule has 0 aliphatic heterocycles. The molecule has 0 amide bonds. The molecule has 6 heteroatoms. The van der Waals surface area contributed by atoms with E-state index in [1.165, 1.54) is 116 Å². The third-order valence-electron chi connectivity index (χ3n) is 14.3. The Morgan fingerprint density at radius 1 is 0.253 bits per heavy atom. The van der Waals surface area contributed by atoms with Gasteiger partial charge in [0.1, 0.15) is 13.2 Å². The Morgan fingerprint density at radius 3 is 0.747 bits per heavy atom. The molecule has 0 saturated heterocycles. The molecule has 0 aliphatic rings. The molecule has 0 radical (unpaired) electrons. The zero-order valence-electron chi connectivity index (χ0n) is 53.9. The Labute approximate surface area is 512 Å². The highest BCUT2D eigenvalue weighted by Gasteiger charge is 2.19. The third kappa shape index (κ3) is 68.0. The van der Waals surface area contributed by atoms with E-state index in [0.717, 1.165) is 148 Å². The van der Waals surface area contributed by atoms with Crippen LogP contribution in [0.15, 0.2) is 146 Å². The van der Waals surface area contributed by atoms with Gasteiger partial charge in [-0.2, -0.15) is 0 Å². The molecule has 0 aromatic rings. The maximum Gasteiger partial charge on any atom is 0.306 e. The number of unbranched alkanes of at least 4 members (excludes halogenated alkanes) is 26. The molecule has 0 heterocycles. The minimum Gasteiger partial charge on any atom is -0.462 e. The number of ether oxygens (including phenoxy) is 3. The lowest BCUT2D eigenvalue weighted by molar-refractivity contribution is -0.167. The van der Waals surface area contributed by atoms with Crippen molar-refractivity contribution in [2.75, 3.05) is 13.2 Å². The molecule has 1 atom stereocenters. The van der Waals surface area contributed by atoms with Crippen molar-refractivity contribution in [3.05, 3.63) is 146 Å². The molecule has 470 valence electrons. The van der Waals surface area contributed by atoms with Crippen LogP contribution in [0.25, 0.3) is 0 Å². The average Bonchev–Trinajstić information content (AvgIpc) is 3.49. The van der Waals surface area contributed by atoms with Gasteiger partial charge < -0.3 is 14.2 Å². The molecular weight excluding hydrogens is 1020 g/mol. The SMILES string of the molecule is CC/C=C\C/C=C\C/C=C\C/C=C\C/C=C\C/C=C\C/C=C\CCCCCCCCCCCCCC(=O)OCC(COC(=O)CCCCCCC/C=C\CCCCCC)OC(=O)CCCCCCCC/C=C\C/C=C\C/C=C\C/C=C\CC. The summed E-state index contributed by atoms with van der Waals surface area (Å²) in [6.45, 7) is 6.39. The molecule has 0 fully saturated rings. The van der Waals surface area contributed by atoms with Crippen molar-refractivity contribution in [1.29, 1.82) is 0 Å². The smallest absolute Gasteiger partial charge is 0.306 e. The molecular formula is C77H126O6. The number of carbonyl (C=O) groups excluding carboxylic acids is 3. The molecule has 0 N–H and O–H groups in total. The number of allylic oxidation sites excluding steroid dienone is 24. The first kappa shape index (κ1) is 78.3. The van der Waals surface area contributed by atoms with E-state index in [9.17, 15) is 14.4 Å². The summed E-state index contributed by atoms with van der Waals surface area (Å²) in [7, 11) is 0. The molecule has 0 aromatic heterocycles. The first-order chi connectivity index (χ1) is 41.0. The van der Waals surface area contributed by atoms with E-state index in [4.69, 9.17) is 14.2 Å². The average molecular weight is 1150 g/mol. The number of hydrogen-bond acceptors (Lipinski definition) is 6. The van der Waals surface area contributed by atoms with Crippen LogP contribution in [0.3, 0.4) is 0 Å². The topological polar surface area (TPSA) is 78.9 Å². The number of hydrogen-bond donors (Lipinski definition) is 0. The second-order valence-electron chi connectivity index (χ2n) is 22.3. The lowest BCUT2D eigenvalue weighted by Crippen LogP contribution is -2.30. The summed E-state index contributed by atoms with van der Waals surface area (Å²) >= 11 is 0. The monoisotopic (exact) mass is 1150 g/mol. The lowest BCUT2D eigenvalue weighted by Gasteiger charge is -2.18. The van der Waals surface area contributed by atoms with Gasteiger partial charge in [-0.3, -0.25) is 14.4 Å². The summed E-state index contributed by atoms with van der Waals surface area (Å²) in [4.78, 5) is 38.4. The van der Waals surface area contributed by atoms with Gasteiger partial charge in [-0.25, -0.2) is 0 Å². The van der Waals surface area contributed by atoms with Gasteiger partial charge in [0.05, 0.1) is 0 Å². The van der Waals surface area contributed by atoms with Crippen molar-refractivity contribution in [3.63, 3.8) is 0 Å². The summed E-state index contributed by atoms with van der Waals surface area (Å²) < 4.78 is 16.9. The Kier molecular flexibility index (Phi) is 65.8. The van der Waals surface area contributed by atoms with E-state index in [1.807, 2.05) is 0 Å². The maximum atomic E-state index is 12.9. The fraction of sp³-hybridized carbons (Fsp3) is 0.649. The van der Waals surface area contributed by atoms with Gasteiger partial charge in [0.15, 0.2) is 6.10 Å². The zero-order valence-corrected chi connectivity index (χ0v) is 53.9. The molecule has 0 bridgehead atoms. The van der Waals surface area contributed by atoms with Gasteiger partial charge in [-0.1, -0.05) is 289 Å². The highest BCUT2D eigenvalue weighted by atomic mass is 16.6. The molecule has 0 aromatic carbocycles. The fourth-order valence-corrected chi connectivity index (χ4v) is 9.23. The van der Waals surface area contributed by atoms with E-state index >= 15 is 0 Å². The normalized spacial score (nSPS) is 13.0. The molecule has 0 spiro atoms. The summed E-state index contributed by atoms with van der Waals surface area (Å²) in [6.07, 6.45) is 100. The third-order valence-corrected chi connectivity index (χ3v) is 14.3. The predicted octanol–water partition coefficient (Wildman–Crippen LogP) is 23.9. The van der Waals surface area contributed by atoms with Crippen molar-refractivity contribution >= 4 is 17.9 Å². The van der Waals surface area contributed by atoms with Gasteiger partial charge in [0.2, 0.25) is 0 Å². The summed E-state index contributed by atoms with van der Waals surface area (Å²) in [5.41, 5.74) is 0. The summed E-state index contributed by atoms with van der Waals surface area (Å²) in [5, 5.41) is 0. The van der Waals surface area contributed by atoms with E-state index < -0.39 is 6.10 Å². The minimum atomic E-state index is -0.796. The van der Waals surface area contributed by atoms with Crippen LogP contribution in [0, 0.1) is 0 Å². The second kappa shape index (κ2) is 69.8. The van der Waals surface area contributed by atoms with E-state index in [2.05, 4.69) is 167 Å². The van der Waals surface area contributed by atoms with Gasteiger partial charge in [-0.05, 0) is 141 Å². The number of carbonyl (C=O) groups is 3. The van der Waals surface area contributed by atoms with Crippen LogP contribution >= 0.6 is 0 Å². The lowest BCUT2D eigenvalue weighted by atomic mass is 10.0. The Balaban J connectivity index is 4.29. The Morgan fingerprint density at radius 2 is 0.470 bits per heavy atom. The van der Waals surface area contributed by atoms with Crippen LogP contribution in [-0.4, -0.2) is 37.2 Å². The van der Waals surface area contributed by atoms with Crippen molar-refractivity contribution < 1.29 is 28.6 Å². The minimum absolute atomic E-state index is 0.0912. The highest BCUT2D eigenvalue weighted by molar-refractivity contribution is 5.71. The molecule has 0 rings (SSSR count). The first-order valence-corrected chi connectivity index (χ1v) is 34.3. The van der Waals surface area contributed by atoms with E-state index in [1.54, 1.807) is 0 Å². The molecule has 83 heavy (non-hydrogen) atoms. The zero-order chi connectivity index (χ0) is 59.9. The molecule has 0 saturated carbocycles. The van der Waals surface area contributed by atoms with Crippen LogP contribution in [0.2, 0.25) is 0 Å². The summed E-state index contributed by atoms with van der Waals surface area (Å²) in [5.74, 6) is -0.913. The highest BCUT2D eigenvalue weighted by Crippen LogP contribution is 2.16. The molecule has 0 aliphatic carbocycles. The molecule has 6 nitrogen and oxygen atoms in total. The van der Waals surface area contributed by atoms with Crippen molar-refractivity contribution in [1.82, 2.24) is 0 Å². The van der Waals surface area contributed by atoms with Gasteiger partial charge >= 0.3 is 17.9 Å². The van der Waals surface area contributed by atoms with Crippen LogP contribution in [-0.2, 0) is 28.6 Å². The van der Waals surface area contributed by atoms with Crippen LogP contribution in [0.4, 0.5) is 0 Å². The summed E-state index contributed by atoms with van der Waals surface area (Å²) in [6, 6.07) is 0. The second-order valence-corrected chi connectivity index (χ2v) is 22.3. The van der Waals surface area contributed by atoms with Gasteiger partial charge in [0, 0.05) is 19.3 Å². The van der Waals surface area contributed by atoms with Crippen molar-refractivity contribution in [2.45, 2.75) is 309 Å². The number of rotatable bonds is 61. The van der Waals surface area contributed by atoms with Crippen LogP contribution in [0.5, 0.6) is 0 Å². The van der Waals surface area contributed by atoms with Crippen LogP contribution in [0.1, 0.15) is 303 Å². The number of esters is 3. The fourth-order valence-electron chi connectivity index (χ4n) is 9.23. The predicted molar refractivity (Wildman–Crippen MR) is 362 cm³/mol. The Hall–Kier alpha value is -4.71. The maximum absolute atomic E-state index is 12.9. The standard InChI is InChI=1S/C77H126O6/c1-4-7-10-13-16-19-22-25-27-29-31-32-33-34-35-36-37-38-39-40-41-42-43-44-46-47-49-52-55-58-61-64-67-70-76(79)82-73-74(72-81-75(78)69-66-63-60-57-54-51-24-21-18-15-12-9-6-3)83-77(80)71-68-65-62-59-56-53-50-48-45-30-28-26-23-20-17-14-11-8-5-2/h7-8,10-11,16-17,19-21,24-28,31-32,34-35,37-38,40-41,45,48,74H,4-6,9,12-15,18,22-23,29-30,33,36,39,42-44,46-47,49-73H2,1-3H3/b10-7-,11-8-,19-16-,20-17-,24-21-,27-25-,28-26-,32-31-,35-34-,38-37-,41-40-,48-45-. The van der Waals surface area contributed by atoms with Crippen molar-refractivity contribution in [3.8, 4) is 0 Å². The van der Waals surface area contributed by atoms with E-state index in [-0.39, 0.29) is 31.1 Å². The van der Waals surface area contributed by atoms with Crippen LogP contribution < -0.4 is 0 Å².